The first-order chi connectivity index (χ1) is 4.83. The largest absolute Gasteiger partial charge is 0.330 e. The van der Waals surface area contributed by atoms with Crippen molar-refractivity contribution in [2.24, 2.45) is 4.99 Å². The molecule has 0 fully saturated rings. The van der Waals surface area contributed by atoms with Gasteiger partial charge in [-0.1, -0.05) is 4.48 Å². The number of rotatable bonds is 0. The van der Waals surface area contributed by atoms with Crippen LogP contribution in [0.3, 0.4) is 0 Å². The second-order valence-corrected chi connectivity index (χ2v) is 1.88. The van der Waals surface area contributed by atoms with Crippen molar-refractivity contribution in [3.05, 3.63) is 12.4 Å². The summed E-state index contributed by atoms with van der Waals surface area (Å²) in [7, 11) is 0. The molecule has 10 heavy (non-hydrogen) atoms. The maximum Gasteiger partial charge on any atom is 0.330 e. The molecule has 1 heterocycles. The number of nitrogens with zero attached hydrogens (tertiary/aromatic N) is 4. The van der Waals surface area contributed by atoms with Crippen LogP contribution in [-0.2, 0) is 0 Å². The lowest BCUT2D eigenvalue weighted by atomic mass is 10.4. The molecule has 0 radical (unpaired) electrons. The van der Waals surface area contributed by atoms with Gasteiger partial charge in [-0.05, 0) is 0 Å². The average molecular weight is 133 g/mol. The predicted octanol–water partition coefficient (Wildman–Crippen LogP) is 0.321. The zero-order chi connectivity index (χ0) is 7.45. The molecule has 0 aromatic rings. The van der Waals surface area contributed by atoms with Gasteiger partial charge in [0.05, 0.1) is 12.4 Å². The van der Waals surface area contributed by atoms with Crippen molar-refractivity contribution in [1.29, 1.82) is 10.5 Å². The van der Waals surface area contributed by atoms with Crippen molar-refractivity contribution in [2.45, 2.75) is 0 Å². The molecule has 0 aliphatic carbocycles. The highest BCUT2D eigenvalue weighted by atomic mass is 15.3. The third-order valence-electron chi connectivity index (χ3n) is 1.24. The normalized spacial score (nSPS) is 19.4. The molecule has 4 heteroatoms. The summed E-state index contributed by atoms with van der Waals surface area (Å²) in [6, 6.07) is 0. The van der Waals surface area contributed by atoms with Gasteiger partial charge in [0.2, 0.25) is 0 Å². The fraction of sp³-hybridized carbons (Fsp3) is 0.167. The van der Waals surface area contributed by atoms with Gasteiger partial charge in [-0.3, -0.25) is 4.99 Å². The summed E-state index contributed by atoms with van der Waals surface area (Å²) in [6.07, 6.45) is 8.19. The van der Waals surface area contributed by atoms with Gasteiger partial charge in [-0.2, -0.15) is 0 Å². The summed E-state index contributed by atoms with van der Waals surface area (Å²) in [5.74, 6) is 0. The van der Waals surface area contributed by atoms with E-state index in [1.165, 1.54) is 12.4 Å². The van der Waals surface area contributed by atoms with Gasteiger partial charge in [0.1, 0.15) is 12.7 Å². The molecule has 0 N–H and O–H groups in total. The monoisotopic (exact) mass is 133 g/mol. The van der Waals surface area contributed by atoms with Crippen molar-refractivity contribution in [2.75, 3.05) is 6.54 Å². The van der Waals surface area contributed by atoms with E-state index in [1.54, 1.807) is 6.21 Å². The maximum atomic E-state index is 8.53. The van der Waals surface area contributed by atoms with Gasteiger partial charge in [0.15, 0.2) is 0 Å². The fourth-order valence-electron chi connectivity index (χ4n) is 0.621. The zero-order valence-electron chi connectivity index (χ0n) is 5.23. The second kappa shape index (κ2) is 2.30. The molecule has 0 amide bonds. The summed E-state index contributed by atoms with van der Waals surface area (Å²) in [4.78, 5) is 3.74. The Morgan fingerprint density at radius 3 is 2.40 bits per heavy atom. The van der Waals surface area contributed by atoms with Crippen molar-refractivity contribution in [3.63, 3.8) is 0 Å². The molecule has 1 aliphatic rings. The third-order valence-corrected chi connectivity index (χ3v) is 1.24. The van der Waals surface area contributed by atoms with E-state index in [1.807, 2.05) is 12.4 Å². The van der Waals surface area contributed by atoms with Crippen LogP contribution in [0.25, 0.3) is 0 Å². The predicted molar refractivity (Wildman–Crippen MR) is 34.0 cm³/mol. The standard InChI is InChI=1S/C6H5N4/c7-5-10(6-8)3-1-9-2-4-10/h1-3H,4H2/q+1. The highest BCUT2D eigenvalue weighted by Gasteiger charge is 2.25. The van der Waals surface area contributed by atoms with Gasteiger partial charge >= 0.3 is 12.4 Å². The van der Waals surface area contributed by atoms with Crippen molar-refractivity contribution in [3.8, 4) is 12.4 Å². The van der Waals surface area contributed by atoms with Gasteiger partial charge in [0, 0.05) is 0 Å². The van der Waals surface area contributed by atoms with Crippen molar-refractivity contribution >= 4 is 6.21 Å². The van der Waals surface area contributed by atoms with E-state index in [0.29, 0.717) is 6.54 Å². The van der Waals surface area contributed by atoms with Crippen LogP contribution in [0.2, 0.25) is 0 Å². The van der Waals surface area contributed by atoms with E-state index in [4.69, 9.17) is 10.5 Å². The maximum absolute atomic E-state index is 8.53. The molecule has 0 spiro atoms. The summed E-state index contributed by atoms with van der Waals surface area (Å²) in [5, 5.41) is 17.1. The molecule has 0 aromatic heterocycles. The fourth-order valence-corrected chi connectivity index (χ4v) is 0.621. The van der Waals surface area contributed by atoms with Crippen LogP contribution < -0.4 is 0 Å². The van der Waals surface area contributed by atoms with Crippen LogP contribution in [-0.4, -0.2) is 17.2 Å². The highest BCUT2D eigenvalue weighted by Crippen LogP contribution is 2.05. The van der Waals surface area contributed by atoms with Crippen LogP contribution in [0, 0.1) is 22.9 Å². The summed E-state index contributed by atoms with van der Waals surface area (Å²) < 4.78 is -0.330. The summed E-state index contributed by atoms with van der Waals surface area (Å²) in [6.45, 7) is 0.337. The molecule has 0 bridgehead atoms. The highest BCUT2D eigenvalue weighted by molar-refractivity contribution is 5.60. The first-order valence-electron chi connectivity index (χ1n) is 2.73. The Morgan fingerprint density at radius 2 is 2.10 bits per heavy atom. The van der Waals surface area contributed by atoms with Crippen LogP contribution in [0.1, 0.15) is 0 Å². The number of nitriles is 2. The molecule has 0 atom stereocenters. The number of aliphatic imine (C=N–C) groups is 1. The molecule has 0 aromatic carbocycles. The lowest BCUT2D eigenvalue weighted by Gasteiger charge is -2.12. The first kappa shape index (κ1) is 6.47. The minimum absolute atomic E-state index is 0.330. The Kier molecular flexibility index (Phi) is 1.49. The minimum atomic E-state index is -0.330. The number of hydrogen-bond donors (Lipinski definition) is 0. The summed E-state index contributed by atoms with van der Waals surface area (Å²) >= 11 is 0. The number of hydrogen-bond acceptors (Lipinski definition) is 3. The van der Waals surface area contributed by atoms with Crippen LogP contribution in [0.4, 0.5) is 0 Å². The Balaban J connectivity index is 2.93. The first-order valence-corrected chi connectivity index (χ1v) is 2.73. The van der Waals surface area contributed by atoms with Gasteiger partial charge in [-0.15, -0.1) is 10.5 Å². The van der Waals surface area contributed by atoms with E-state index in [9.17, 15) is 0 Å². The lowest BCUT2D eigenvalue weighted by molar-refractivity contribution is -0.731. The van der Waals surface area contributed by atoms with E-state index < -0.39 is 0 Å². The van der Waals surface area contributed by atoms with Gasteiger partial charge < -0.3 is 0 Å². The Hall–Kier alpha value is -1.65. The quantitative estimate of drug-likeness (QED) is 0.353. The smallest absolute Gasteiger partial charge is 0.257 e. The Labute approximate surface area is 58.5 Å². The zero-order valence-corrected chi connectivity index (χ0v) is 5.23. The SMILES string of the molecule is N#C[N+]1(C#N)C=CN=CC1. The number of quaternary nitrogens is 1. The lowest BCUT2D eigenvalue weighted by Crippen LogP contribution is -2.34. The molecule has 1 rings (SSSR count). The Bertz CT molecular complexity index is 248. The van der Waals surface area contributed by atoms with E-state index in [0.717, 1.165) is 0 Å². The van der Waals surface area contributed by atoms with Crippen LogP contribution in [0.15, 0.2) is 17.4 Å². The molecule has 1 aliphatic heterocycles. The van der Waals surface area contributed by atoms with Gasteiger partial charge in [0.25, 0.3) is 0 Å². The molecule has 48 valence electrons. The van der Waals surface area contributed by atoms with Crippen molar-refractivity contribution < 1.29 is 4.48 Å². The molecule has 4 nitrogen and oxygen atoms in total. The molecule has 0 saturated heterocycles. The van der Waals surface area contributed by atoms with Crippen molar-refractivity contribution in [1.82, 2.24) is 0 Å². The van der Waals surface area contributed by atoms with Gasteiger partial charge in [-0.25, -0.2) is 0 Å². The van der Waals surface area contributed by atoms with E-state index in [2.05, 4.69) is 4.99 Å². The average Bonchev–Trinajstić information content (AvgIpc) is 2.06. The second-order valence-electron chi connectivity index (χ2n) is 1.88. The summed E-state index contributed by atoms with van der Waals surface area (Å²) in [5.41, 5.74) is 0. The Morgan fingerprint density at radius 1 is 1.40 bits per heavy atom. The minimum Gasteiger partial charge on any atom is -0.257 e. The third kappa shape index (κ3) is 0.883. The molecular weight excluding hydrogens is 128 g/mol. The van der Waals surface area contributed by atoms with Crippen LogP contribution >= 0.6 is 0 Å². The van der Waals surface area contributed by atoms with E-state index in [-0.39, 0.29) is 4.48 Å². The van der Waals surface area contributed by atoms with Crippen LogP contribution in [0.5, 0.6) is 0 Å². The topological polar surface area (TPSA) is 59.9 Å². The molecule has 0 saturated carbocycles. The molecular formula is C6H5N4+. The molecule has 0 unspecified atom stereocenters. The van der Waals surface area contributed by atoms with E-state index >= 15 is 0 Å².